The first-order chi connectivity index (χ1) is 7.27. The maximum absolute atomic E-state index is 11.6. The number of carbonyl (C=O) groups is 1. The molecule has 82 valence electrons. The van der Waals surface area contributed by atoms with Crippen molar-refractivity contribution in [2.75, 3.05) is 6.61 Å². The summed E-state index contributed by atoms with van der Waals surface area (Å²) in [5.74, 6) is 0.169. The van der Waals surface area contributed by atoms with Gasteiger partial charge in [0.1, 0.15) is 0 Å². The fourth-order valence-corrected chi connectivity index (χ4v) is 1.78. The average Bonchev–Trinajstić information content (AvgIpc) is 2.91. The minimum absolute atomic E-state index is 0.0325. The summed E-state index contributed by atoms with van der Waals surface area (Å²) < 4.78 is 10.5. The van der Waals surface area contributed by atoms with Gasteiger partial charge in [-0.15, -0.1) is 0 Å². The highest BCUT2D eigenvalue weighted by molar-refractivity contribution is 5.91. The number of nitrogens with one attached hydrogen (secondary N) is 1. The molecular weight excluding hydrogens is 194 g/mol. The van der Waals surface area contributed by atoms with Crippen LogP contribution < -0.4 is 5.32 Å². The van der Waals surface area contributed by atoms with Crippen molar-refractivity contribution in [2.45, 2.75) is 31.9 Å². The summed E-state index contributed by atoms with van der Waals surface area (Å²) in [5, 5.41) is 2.87. The highest BCUT2D eigenvalue weighted by atomic mass is 16.5. The van der Waals surface area contributed by atoms with Gasteiger partial charge in [-0.1, -0.05) is 0 Å². The Labute approximate surface area is 88.6 Å². The van der Waals surface area contributed by atoms with E-state index in [1.54, 1.807) is 12.1 Å². The average molecular weight is 209 g/mol. The van der Waals surface area contributed by atoms with E-state index in [1.165, 1.54) is 6.26 Å². The molecule has 0 aliphatic carbocycles. The van der Waals surface area contributed by atoms with E-state index < -0.39 is 0 Å². The van der Waals surface area contributed by atoms with Gasteiger partial charge < -0.3 is 14.5 Å². The Morgan fingerprint density at radius 3 is 3.13 bits per heavy atom. The molecule has 2 atom stereocenters. The molecule has 4 nitrogen and oxygen atoms in total. The summed E-state index contributed by atoms with van der Waals surface area (Å²) in [6.45, 7) is 2.75. The van der Waals surface area contributed by atoms with Gasteiger partial charge in [-0.2, -0.15) is 0 Å². The van der Waals surface area contributed by atoms with Crippen molar-refractivity contribution < 1.29 is 13.9 Å². The largest absolute Gasteiger partial charge is 0.459 e. The van der Waals surface area contributed by atoms with Crippen LogP contribution in [0.4, 0.5) is 0 Å². The van der Waals surface area contributed by atoms with Gasteiger partial charge in [-0.05, 0) is 31.9 Å². The van der Waals surface area contributed by atoms with Gasteiger partial charge in [0, 0.05) is 6.61 Å². The van der Waals surface area contributed by atoms with Crippen LogP contribution in [-0.4, -0.2) is 24.7 Å². The van der Waals surface area contributed by atoms with Gasteiger partial charge in [-0.3, -0.25) is 4.79 Å². The molecule has 1 aromatic heterocycles. The molecular formula is C11H15NO3. The molecule has 0 unspecified atom stereocenters. The molecule has 1 aromatic rings. The number of ether oxygens (including phenoxy) is 1. The van der Waals surface area contributed by atoms with Crippen molar-refractivity contribution in [1.29, 1.82) is 0 Å². The van der Waals surface area contributed by atoms with E-state index in [-0.39, 0.29) is 18.1 Å². The lowest BCUT2D eigenvalue weighted by molar-refractivity contribution is 0.0696. The topological polar surface area (TPSA) is 51.5 Å². The van der Waals surface area contributed by atoms with Crippen LogP contribution in [0.15, 0.2) is 22.8 Å². The Balaban J connectivity index is 1.88. The molecule has 1 fully saturated rings. The molecule has 0 spiro atoms. The van der Waals surface area contributed by atoms with Gasteiger partial charge in [0.05, 0.1) is 18.4 Å². The van der Waals surface area contributed by atoms with Crippen molar-refractivity contribution in [3.63, 3.8) is 0 Å². The summed E-state index contributed by atoms with van der Waals surface area (Å²) >= 11 is 0. The highest BCUT2D eigenvalue weighted by Gasteiger charge is 2.24. The summed E-state index contributed by atoms with van der Waals surface area (Å²) in [5.41, 5.74) is 0. The Hall–Kier alpha value is -1.29. The molecule has 15 heavy (non-hydrogen) atoms. The van der Waals surface area contributed by atoms with E-state index in [9.17, 15) is 4.79 Å². The van der Waals surface area contributed by atoms with Crippen molar-refractivity contribution in [1.82, 2.24) is 5.32 Å². The van der Waals surface area contributed by atoms with Crippen LogP contribution >= 0.6 is 0 Å². The van der Waals surface area contributed by atoms with Crippen LogP contribution in [0.3, 0.4) is 0 Å². The molecule has 2 heterocycles. The maximum Gasteiger partial charge on any atom is 0.287 e. The SMILES string of the molecule is C[C@H](NC(=O)c1ccco1)[C@@H]1CCCO1. The van der Waals surface area contributed by atoms with Crippen LogP contribution in [0.25, 0.3) is 0 Å². The van der Waals surface area contributed by atoms with Gasteiger partial charge >= 0.3 is 0 Å². The first kappa shape index (κ1) is 10.2. The summed E-state index contributed by atoms with van der Waals surface area (Å²) in [7, 11) is 0. The van der Waals surface area contributed by atoms with E-state index >= 15 is 0 Å². The standard InChI is InChI=1S/C11H15NO3/c1-8(9-4-2-6-14-9)12-11(13)10-5-3-7-15-10/h3,5,7-9H,2,4,6H2,1H3,(H,12,13)/t8-,9-/m0/s1. The van der Waals surface area contributed by atoms with E-state index in [2.05, 4.69) is 5.32 Å². The molecule has 0 saturated carbocycles. The predicted molar refractivity (Wildman–Crippen MR) is 54.6 cm³/mol. The molecule has 1 aliphatic heterocycles. The Morgan fingerprint density at radius 1 is 1.67 bits per heavy atom. The number of furan rings is 1. The third-order valence-corrected chi connectivity index (χ3v) is 2.63. The van der Waals surface area contributed by atoms with Gasteiger partial charge in [0.15, 0.2) is 5.76 Å². The zero-order chi connectivity index (χ0) is 10.7. The van der Waals surface area contributed by atoms with Gasteiger partial charge in [0.2, 0.25) is 0 Å². The molecule has 1 N–H and O–H groups in total. The zero-order valence-electron chi connectivity index (χ0n) is 8.73. The lowest BCUT2D eigenvalue weighted by Gasteiger charge is -2.19. The maximum atomic E-state index is 11.6. The minimum Gasteiger partial charge on any atom is -0.459 e. The van der Waals surface area contributed by atoms with Crippen LogP contribution in [0, 0.1) is 0 Å². The van der Waals surface area contributed by atoms with Crippen molar-refractivity contribution in [3.8, 4) is 0 Å². The number of amides is 1. The monoisotopic (exact) mass is 209 g/mol. The first-order valence-electron chi connectivity index (χ1n) is 5.23. The number of hydrogen-bond acceptors (Lipinski definition) is 3. The van der Waals surface area contributed by atoms with Crippen molar-refractivity contribution >= 4 is 5.91 Å². The van der Waals surface area contributed by atoms with E-state index in [1.807, 2.05) is 6.92 Å². The van der Waals surface area contributed by atoms with Crippen LogP contribution in [0.5, 0.6) is 0 Å². The van der Waals surface area contributed by atoms with E-state index in [4.69, 9.17) is 9.15 Å². The van der Waals surface area contributed by atoms with E-state index in [0.717, 1.165) is 19.4 Å². The predicted octanol–water partition coefficient (Wildman–Crippen LogP) is 1.58. The molecule has 2 rings (SSSR count). The quantitative estimate of drug-likeness (QED) is 0.822. The Bertz CT molecular complexity index is 315. The Kier molecular flexibility index (Phi) is 3.06. The first-order valence-corrected chi connectivity index (χ1v) is 5.23. The van der Waals surface area contributed by atoms with E-state index in [0.29, 0.717) is 5.76 Å². The number of carbonyl (C=O) groups excluding carboxylic acids is 1. The number of rotatable bonds is 3. The lowest BCUT2D eigenvalue weighted by atomic mass is 10.1. The normalized spacial score (nSPS) is 22.6. The number of hydrogen-bond donors (Lipinski definition) is 1. The second kappa shape index (κ2) is 4.49. The van der Waals surface area contributed by atoms with Crippen LogP contribution in [0.2, 0.25) is 0 Å². The molecule has 1 aliphatic rings. The molecule has 4 heteroatoms. The lowest BCUT2D eigenvalue weighted by Crippen LogP contribution is -2.40. The third kappa shape index (κ3) is 2.39. The van der Waals surface area contributed by atoms with Gasteiger partial charge in [-0.25, -0.2) is 0 Å². The third-order valence-electron chi connectivity index (χ3n) is 2.63. The summed E-state index contributed by atoms with van der Waals surface area (Å²) in [6.07, 6.45) is 3.72. The molecule has 0 radical (unpaired) electrons. The molecule has 1 saturated heterocycles. The van der Waals surface area contributed by atoms with Crippen molar-refractivity contribution in [3.05, 3.63) is 24.2 Å². The van der Waals surface area contributed by atoms with Crippen LogP contribution in [-0.2, 0) is 4.74 Å². The van der Waals surface area contributed by atoms with Crippen molar-refractivity contribution in [2.24, 2.45) is 0 Å². The molecule has 0 aromatic carbocycles. The smallest absolute Gasteiger partial charge is 0.287 e. The fraction of sp³-hybridized carbons (Fsp3) is 0.545. The summed E-state index contributed by atoms with van der Waals surface area (Å²) in [4.78, 5) is 11.6. The van der Waals surface area contributed by atoms with Crippen LogP contribution in [0.1, 0.15) is 30.3 Å². The summed E-state index contributed by atoms with van der Waals surface area (Å²) in [6, 6.07) is 3.38. The second-order valence-electron chi connectivity index (χ2n) is 3.79. The second-order valence-corrected chi connectivity index (χ2v) is 3.79. The Morgan fingerprint density at radius 2 is 2.53 bits per heavy atom. The highest BCUT2D eigenvalue weighted by Crippen LogP contribution is 2.15. The molecule has 0 bridgehead atoms. The molecule has 1 amide bonds. The fourth-order valence-electron chi connectivity index (χ4n) is 1.78. The van der Waals surface area contributed by atoms with Gasteiger partial charge in [0.25, 0.3) is 5.91 Å². The zero-order valence-corrected chi connectivity index (χ0v) is 8.73. The minimum atomic E-state index is -0.178.